The quantitative estimate of drug-likeness (QED) is 0.648. The summed E-state index contributed by atoms with van der Waals surface area (Å²) in [6, 6.07) is 12.4. The third-order valence-corrected chi connectivity index (χ3v) is 3.61. The molecule has 0 saturated carbocycles. The number of aryl methyl sites for hydroxylation is 1. The van der Waals surface area contributed by atoms with Gasteiger partial charge in [0, 0.05) is 12.1 Å². The van der Waals surface area contributed by atoms with Crippen molar-refractivity contribution in [3.05, 3.63) is 65.0 Å². The Balaban J connectivity index is 2.07. The predicted molar refractivity (Wildman–Crippen MR) is 89.4 cm³/mol. The van der Waals surface area contributed by atoms with Crippen molar-refractivity contribution >= 4 is 11.7 Å². The molecule has 1 atom stereocenters. The number of carbonyl (C=O) groups is 2. The molecule has 0 spiro atoms. The second kappa shape index (κ2) is 8.06. The zero-order chi connectivity index (χ0) is 18.4. The molecule has 0 heterocycles. The van der Waals surface area contributed by atoms with Gasteiger partial charge in [-0.25, -0.2) is 4.39 Å². The number of nitrogens with zero attached hydrogens (tertiary/aromatic N) is 1. The molecule has 25 heavy (non-hydrogen) atoms. The highest BCUT2D eigenvalue weighted by Crippen LogP contribution is 2.15. The summed E-state index contributed by atoms with van der Waals surface area (Å²) in [6.45, 7) is 1.79. The highest BCUT2D eigenvalue weighted by Gasteiger charge is 2.27. The van der Waals surface area contributed by atoms with E-state index in [1.807, 2.05) is 0 Å². The van der Waals surface area contributed by atoms with E-state index in [-0.39, 0.29) is 12.1 Å². The molecule has 6 heteroatoms. The highest BCUT2D eigenvalue weighted by atomic mass is 19.1. The van der Waals surface area contributed by atoms with Crippen molar-refractivity contribution in [3.8, 4) is 11.8 Å². The molecule has 0 unspecified atom stereocenters. The molecule has 1 amide bonds. The number of ketones is 1. The molecule has 0 fully saturated rings. The fraction of sp³-hybridized carbons (Fsp3) is 0.211. The van der Waals surface area contributed by atoms with Crippen molar-refractivity contribution in [1.82, 2.24) is 5.32 Å². The first-order chi connectivity index (χ1) is 11.9. The number of carbonyl (C=O) groups excluding carboxylic acids is 2. The van der Waals surface area contributed by atoms with E-state index in [2.05, 4.69) is 5.32 Å². The highest BCUT2D eigenvalue weighted by molar-refractivity contribution is 6.12. The van der Waals surface area contributed by atoms with E-state index in [0.717, 1.165) is 11.6 Å². The molecule has 0 bridgehead atoms. The molecule has 5 nitrogen and oxygen atoms in total. The van der Waals surface area contributed by atoms with E-state index in [1.54, 1.807) is 44.4 Å². The molecule has 128 valence electrons. The van der Waals surface area contributed by atoms with Crippen LogP contribution in [0.1, 0.15) is 21.5 Å². The van der Waals surface area contributed by atoms with E-state index >= 15 is 0 Å². The van der Waals surface area contributed by atoms with Crippen LogP contribution in [0, 0.1) is 30.0 Å². The van der Waals surface area contributed by atoms with Gasteiger partial charge < -0.3 is 10.1 Å². The van der Waals surface area contributed by atoms with Crippen molar-refractivity contribution in [3.63, 3.8) is 0 Å². The Morgan fingerprint density at radius 2 is 1.92 bits per heavy atom. The van der Waals surface area contributed by atoms with Gasteiger partial charge in [-0.1, -0.05) is 12.1 Å². The number of rotatable bonds is 6. The van der Waals surface area contributed by atoms with Crippen LogP contribution < -0.4 is 10.1 Å². The summed E-state index contributed by atoms with van der Waals surface area (Å²) < 4.78 is 18.5. The molecule has 0 aliphatic heterocycles. The summed E-state index contributed by atoms with van der Waals surface area (Å²) in [5, 5.41) is 11.7. The Kier molecular flexibility index (Phi) is 5.85. The number of hydrogen-bond donors (Lipinski definition) is 1. The summed E-state index contributed by atoms with van der Waals surface area (Å²) in [4.78, 5) is 24.5. The number of benzene rings is 2. The largest absolute Gasteiger partial charge is 0.497 e. The Morgan fingerprint density at radius 1 is 1.24 bits per heavy atom. The zero-order valence-electron chi connectivity index (χ0n) is 13.9. The lowest BCUT2D eigenvalue weighted by Gasteiger charge is -2.11. The number of nitriles is 1. The fourth-order valence-corrected chi connectivity index (χ4v) is 2.32. The molecule has 2 aromatic rings. The maximum Gasteiger partial charge on any atom is 0.245 e. The summed E-state index contributed by atoms with van der Waals surface area (Å²) in [5.41, 5.74) is 1.34. The van der Waals surface area contributed by atoms with Crippen LogP contribution in [-0.2, 0) is 11.3 Å². The smallest absolute Gasteiger partial charge is 0.245 e. The SMILES string of the molecule is COc1ccc(CNC(=O)[C@H](C#N)C(=O)c2cc(C)cc(F)c2)cc1. The Labute approximate surface area is 145 Å². The first-order valence-electron chi connectivity index (χ1n) is 7.56. The summed E-state index contributed by atoms with van der Waals surface area (Å²) >= 11 is 0. The first kappa shape index (κ1) is 18.1. The Hall–Kier alpha value is -3.20. The number of amides is 1. The van der Waals surface area contributed by atoms with Crippen molar-refractivity contribution in [1.29, 1.82) is 5.26 Å². The van der Waals surface area contributed by atoms with Gasteiger partial charge in [-0.05, 0) is 48.4 Å². The molecular weight excluding hydrogens is 323 g/mol. The van der Waals surface area contributed by atoms with Crippen molar-refractivity contribution in [2.24, 2.45) is 5.92 Å². The van der Waals surface area contributed by atoms with Crippen LogP contribution in [0.2, 0.25) is 0 Å². The minimum atomic E-state index is -1.53. The number of Topliss-reactive ketones (excluding diaryl/α,β-unsaturated/α-hetero) is 1. The lowest BCUT2D eigenvalue weighted by atomic mass is 9.96. The van der Waals surface area contributed by atoms with Crippen LogP contribution in [0.25, 0.3) is 0 Å². The number of ether oxygens (including phenoxy) is 1. The van der Waals surface area contributed by atoms with Crippen molar-refractivity contribution < 1.29 is 18.7 Å². The minimum Gasteiger partial charge on any atom is -0.497 e. The van der Waals surface area contributed by atoms with Crippen LogP contribution in [-0.4, -0.2) is 18.8 Å². The molecule has 0 aliphatic carbocycles. The molecule has 0 radical (unpaired) electrons. The van der Waals surface area contributed by atoms with Gasteiger partial charge in [0.25, 0.3) is 0 Å². The van der Waals surface area contributed by atoms with E-state index in [4.69, 9.17) is 4.74 Å². The molecule has 0 aliphatic rings. The number of halogens is 1. The molecule has 1 N–H and O–H groups in total. The number of hydrogen-bond acceptors (Lipinski definition) is 4. The summed E-state index contributed by atoms with van der Waals surface area (Å²) in [6.07, 6.45) is 0. The van der Waals surface area contributed by atoms with Gasteiger partial charge >= 0.3 is 0 Å². The van der Waals surface area contributed by atoms with Crippen LogP contribution in [0.5, 0.6) is 5.75 Å². The van der Waals surface area contributed by atoms with Crippen LogP contribution in [0.4, 0.5) is 4.39 Å². The normalized spacial score (nSPS) is 11.3. The summed E-state index contributed by atoms with van der Waals surface area (Å²) in [7, 11) is 1.55. The van der Waals surface area contributed by atoms with E-state index < -0.39 is 23.4 Å². The fourth-order valence-electron chi connectivity index (χ4n) is 2.32. The summed E-state index contributed by atoms with van der Waals surface area (Å²) in [5.74, 6) is -2.87. The van der Waals surface area contributed by atoms with Crippen LogP contribution in [0.3, 0.4) is 0 Å². The number of methoxy groups -OCH3 is 1. The lowest BCUT2D eigenvalue weighted by molar-refractivity contribution is -0.122. The maximum absolute atomic E-state index is 13.4. The Morgan fingerprint density at radius 3 is 2.48 bits per heavy atom. The molecule has 0 saturated heterocycles. The average Bonchev–Trinajstić information content (AvgIpc) is 2.60. The zero-order valence-corrected chi connectivity index (χ0v) is 13.9. The van der Waals surface area contributed by atoms with E-state index in [9.17, 15) is 19.2 Å². The number of nitrogens with one attached hydrogen (secondary N) is 1. The van der Waals surface area contributed by atoms with Crippen LogP contribution in [0.15, 0.2) is 42.5 Å². The van der Waals surface area contributed by atoms with Gasteiger partial charge in [-0.3, -0.25) is 9.59 Å². The molecule has 0 aromatic heterocycles. The standard InChI is InChI=1S/C19H17FN2O3/c1-12-7-14(9-15(20)8-12)18(23)17(10-21)19(24)22-11-13-3-5-16(25-2)6-4-13/h3-9,17H,11H2,1-2H3,(H,22,24)/t17-/m1/s1. The van der Waals surface area contributed by atoms with Gasteiger partial charge in [-0.15, -0.1) is 0 Å². The van der Waals surface area contributed by atoms with E-state index in [1.165, 1.54) is 12.1 Å². The third kappa shape index (κ3) is 4.64. The van der Waals surface area contributed by atoms with Gasteiger partial charge in [-0.2, -0.15) is 5.26 Å². The van der Waals surface area contributed by atoms with Crippen molar-refractivity contribution in [2.45, 2.75) is 13.5 Å². The lowest BCUT2D eigenvalue weighted by Crippen LogP contribution is -2.34. The Bertz CT molecular complexity index is 805. The monoisotopic (exact) mass is 340 g/mol. The minimum absolute atomic E-state index is 0.00338. The topological polar surface area (TPSA) is 79.2 Å². The first-order valence-corrected chi connectivity index (χ1v) is 7.56. The molecule has 2 aromatic carbocycles. The van der Waals surface area contributed by atoms with Gasteiger partial charge in [0.05, 0.1) is 13.2 Å². The van der Waals surface area contributed by atoms with E-state index in [0.29, 0.717) is 11.3 Å². The molecular formula is C19H17FN2O3. The van der Waals surface area contributed by atoms with Crippen LogP contribution >= 0.6 is 0 Å². The molecule has 2 rings (SSSR count). The predicted octanol–water partition coefficient (Wildman–Crippen LogP) is 2.78. The van der Waals surface area contributed by atoms with Crippen molar-refractivity contribution in [2.75, 3.05) is 7.11 Å². The average molecular weight is 340 g/mol. The van der Waals surface area contributed by atoms with Gasteiger partial charge in [0.1, 0.15) is 11.6 Å². The van der Waals surface area contributed by atoms with Gasteiger partial charge in [0.15, 0.2) is 11.7 Å². The third-order valence-electron chi connectivity index (χ3n) is 3.61. The van der Waals surface area contributed by atoms with Gasteiger partial charge in [0.2, 0.25) is 5.91 Å². The second-order valence-electron chi connectivity index (χ2n) is 5.51. The maximum atomic E-state index is 13.4. The second-order valence-corrected chi connectivity index (χ2v) is 5.51.